The van der Waals surface area contributed by atoms with Crippen LogP contribution in [0.25, 0.3) is 44.3 Å². The lowest BCUT2D eigenvalue weighted by atomic mass is 9.84. The first-order chi connectivity index (χ1) is 15.8. The van der Waals surface area contributed by atoms with Gasteiger partial charge in [0.15, 0.2) is 0 Å². The Morgan fingerprint density at radius 3 is 2.45 bits per heavy atom. The largest absolute Gasteiger partial charge is 0.455 e. The fourth-order valence-electron chi connectivity index (χ4n) is 5.60. The number of nitrogens with zero attached hydrogens (tertiary/aromatic N) is 2. The summed E-state index contributed by atoms with van der Waals surface area (Å²) >= 11 is 0. The van der Waals surface area contributed by atoms with Crippen molar-refractivity contribution >= 4 is 21.9 Å². The highest BCUT2D eigenvalue weighted by molar-refractivity contribution is 6.11. The Kier molecular flexibility index (Phi) is 4.14. The summed E-state index contributed by atoms with van der Waals surface area (Å²) in [5, 5.41) is 2.29. The van der Waals surface area contributed by atoms with E-state index in [9.17, 15) is 0 Å². The first-order valence-corrected chi connectivity index (χ1v) is 11.7. The lowest BCUT2D eigenvalue weighted by molar-refractivity contribution is 0.636. The van der Waals surface area contributed by atoms with Crippen LogP contribution in [0.3, 0.4) is 0 Å². The van der Waals surface area contributed by atoms with Crippen molar-refractivity contribution in [2.24, 2.45) is 0 Å². The number of hydrogen-bond acceptors (Lipinski definition) is 3. The van der Waals surface area contributed by atoms with Crippen molar-refractivity contribution in [3.05, 3.63) is 82.8 Å². The molecule has 0 N–H and O–H groups in total. The van der Waals surface area contributed by atoms with Gasteiger partial charge in [-0.05, 0) is 71.8 Å². The quantitative estimate of drug-likeness (QED) is 0.283. The zero-order valence-electron chi connectivity index (χ0n) is 20.1. The molecule has 164 valence electrons. The summed E-state index contributed by atoms with van der Waals surface area (Å²) in [7, 11) is 0. The Balaban J connectivity index is 1.63. The summed E-state index contributed by atoms with van der Waals surface area (Å²) in [5.41, 5.74) is 12.4. The van der Waals surface area contributed by atoms with E-state index < -0.39 is 0 Å². The summed E-state index contributed by atoms with van der Waals surface area (Å²) in [5.74, 6) is 0.456. The highest BCUT2D eigenvalue weighted by Crippen LogP contribution is 2.50. The molecule has 3 aromatic heterocycles. The highest BCUT2D eigenvalue weighted by Gasteiger charge is 2.37. The summed E-state index contributed by atoms with van der Waals surface area (Å²) < 4.78 is 6.58. The standard InChI is InChI=1S/C30H28N2O/c1-16(2)23-15-32-25(12-18(23)4)27-17(3)9-10-19-22-13-24-21(14-26(22)33-28(19)27)20-8-7-11-31-29(20)30(24,5)6/h7-16H,1-6H3. The molecule has 33 heavy (non-hydrogen) atoms. The Hall–Kier alpha value is -3.46. The molecule has 0 bridgehead atoms. The monoisotopic (exact) mass is 432 g/mol. The molecule has 3 heteroatoms. The van der Waals surface area contributed by atoms with Gasteiger partial charge in [0.25, 0.3) is 0 Å². The number of pyridine rings is 2. The number of hydrogen-bond donors (Lipinski definition) is 0. The van der Waals surface area contributed by atoms with Crippen molar-refractivity contribution in [3.63, 3.8) is 0 Å². The first kappa shape index (κ1) is 20.2. The molecule has 3 nitrogen and oxygen atoms in total. The molecule has 3 heterocycles. The Morgan fingerprint density at radius 1 is 0.879 bits per heavy atom. The summed E-state index contributed by atoms with van der Waals surface area (Å²) in [6.45, 7) is 13.3. The molecule has 0 amide bonds. The van der Waals surface area contributed by atoms with Crippen LogP contribution in [-0.2, 0) is 5.41 Å². The van der Waals surface area contributed by atoms with Gasteiger partial charge in [0, 0.05) is 39.7 Å². The molecular formula is C30H28N2O. The maximum absolute atomic E-state index is 6.58. The molecule has 6 rings (SSSR count). The van der Waals surface area contributed by atoms with Crippen LogP contribution in [0.5, 0.6) is 0 Å². The lowest BCUT2D eigenvalue weighted by Crippen LogP contribution is -2.16. The molecule has 1 aliphatic carbocycles. The van der Waals surface area contributed by atoms with Crippen LogP contribution in [0.1, 0.15) is 61.6 Å². The number of aryl methyl sites for hydroxylation is 2. The Labute approximate surface area is 194 Å². The van der Waals surface area contributed by atoms with Gasteiger partial charge in [0.1, 0.15) is 11.2 Å². The Bertz CT molecular complexity index is 1590. The predicted octanol–water partition coefficient (Wildman–Crippen LogP) is 8.09. The van der Waals surface area contributed by atoms with Gasteiger partial charge < -0.3 is 4.42 Å². The average molecular weight is 433 g/mol. The average Bonchev–Trinajstić information content (AvgIpc) is 3.24. The SMILES string of the molecule is Cc1cc(-c2c(C)ccc3c2oc2cc4c(cc23)C(C)(C)c2ncccc2-4)ncc1C(C)C. The minimum atomic E-state index is -0.136. The van der Waals surface area contributed by atoms with Crippen molar-refractivity contribution in [1.82, 2.24) is 9.97 Å². The van der Waals surface area contributed by atoms with E-state index in [0.717, 1.165) is 38.9 Å². The van der Waals surface area contributed by atoms with Crippen LogP contribution in [0.15, 0.2) is 59.3 Å². The van der Waals surface area contributed by atoms with E-state index in [0.29, 0.717) is 5.92 Å². The smallest absolute Gasteiger partial charge is 0.145 e. The third-order valence-corrected chi connectivity index (χ3v) is 7.38. The first-order valence-electron chi connectivity index (χ1n) is 11.7. The van der Waals surface area contributed by atoms with Gasteiger partial charge in [-0.2, -0.15) is 0 Å². The highest BCUT2D eigenvalue weighted by atomic mass is 16.3. The summed E-state index contributed by atoms with van der Waals surface area (Å²) in [6.07, 6.45) is 3.91. The van der Waals surface area contributed by atoms with E-state index in [1.54, 1.807) is 0 Å². The van der Waals surface area contributed by atoms with E-state index in [1.165, 1.54) is 33.4 Å². The van der Waals surface area contributed by atoms with Gasteiger partial charge in [0.2, 0.25) is 0 Å². The van der Waals surface area contributed by atoms with Crippen molar-refractivity contribution < 1.29 is 4.42 Å². The van der Waals surface area contributed by atoms with Crippen molar-refractivity contribution in [2.75, 3.05) is 0 Å². The molecule has 0 unspecified atom stereocenters. The Morgan fingerprint density at radius 2 is 1.70 bits per heavy atom. The predicted molar refractivity (Wildman–Crippen MR) is 136 cm³/mol. The van der Waals surface area contributed by atoms with Gasteiger partial charge >= 0.3 is 0 Å². The number of fused-ring (bicyclic) bond motifs is 6. The van der Waals surface area contributed by atoms with Gasteiger partial charge in [0.05, 0.1) is 11.4 Å². The van der Waals surface area contributed by atoms with Crippen molar-refractivity contribution in [1.29, 1.82) is 0 Å². The molecular weight excluding hydrogens is 404 g/mol. The van der Waals surface area contributed by atoms with Gasteiger partial charge in [-0.25, -0.2) is 0 Å². The van der Waals surface area contributed by atoms with Gasteiger partial charge in [-0.3, -0.25) is 9.97 Å². The third kappa shape index (κ3) is 2.75. The molecule has 0 saturated heterocycles. The zero-order chi connectivity index (χ0) is 23.1. The van der Waals surface area contributed by atoms with Crippen LogP contribution >= 0.6 is 0 Å². The molecule has 0 fully saturated rings. The number of benzene rings is 2. The number of rotatable bonds is 2. The van der Waals surface area contributed by atoms with E-state index in [2.05, 4.69) is 77.9 Å². The lowest BCUT2D eigenvalue weighted by Gasteiger charge is -2.19. The fourth-order valence-corrected chi connectivity index (χ4v) is 5.60. The van der Waals surface area contributed by atoms with E-state index >= 15 is 0 Å². The number of aromatic nitrogens is 2. The van der Waals surface area contributed by atoms with Crippen molar-refractivity contribution in [2.45, 2.75) is 52.9 Å². The summed E-state index contributed by atoms with van der Waals surface area (Å²) in [4.78, 5) is 9.58. The minimum absolute atomic E-state index is 0.136. The van der Waals surface area contributed by atoms with E-state index in [1.807, 2.05) is 18.5 Å². The molecule has 2 aromatic carbocycles. The molecule has 0 atom stereocenters. The van der Waals surface area contributed by atoms with E-state index in [4.69, 9.17) is 14.4 Å². The molecule has 5 aromatic rings. The fraction of sp³-hybridized carbons (Fsp3) is 0.267. The maximum atomic E-state index is 6.58. The second-order valence-corrected chi connectivity index (χ2v) is 10.2. The van der Waals surface area contributed by atoms with Crippen molar-refractivity contribution in [3.8, 4) is 22.4 Å². The maximum Gasteiger partial charge on any atom is 0.145 e. The second-order valence-electron chi connectivity index (χ2n) is 10.2. The van der Waals surface area contributed by atoms with Crippen LogP contribution in [0.4, 0.5) is 0 Å². The van der Waals surface area contributed by atoms with Crippen LogP contribution in [0.2, 0.25) is 0 Å². The van der Waals surface area contributed by atoms with Gasteiger partial charge in [-0.1, -0.05) is 45.9 Å². The third-order valence-electron chi connectivity index (χ3n) is 7.38. The molecule has 0 radical (unpaired) electrons. The summed E-state index contributed by atoms with van der Waals surface area (Å²) in [6, 6.07) is 15.3. The van der Waals surface area contributed by atoms with Crippen LogP contribution in [-0.4, -0.2) is 9.97 Å². The molecule has 0 aliphatic heterocycles. The second kappa shape index (κ2) is 6.77. The molecule has 0 saturated carbocycles. The van der Waals surface area contributed by atoms with Crippen LogP contribution in [0, 0.1) is 13.8 Å². The molecule has 1 aliphatic rings. The van der Waals surface area contributed by atoms with Gasteiger partial charge in [-0.15, -0.1) is 0 Å². The van der Waals surface area contributed by atoms with Crippen LogP contribution < -0.4 is 0 Å². The minimum Gasteiger partial charge on any atom is -0.455 e. The van der Waals surface area contributed by atoms with E-state index in [-0.39, 0.29) is 5.41 Å². The topological polar surface area (TPSA) is 38.9 Å². The molecule has 0 spiro atoms. The zero-order valence-corrected chi connectivity index (χ0v) is 20.1. The number of furan rings is 1. The normalized spacial score (nSPS) is 14.3.